The molecule has 0 bridgehead atoms. The van der Waals surface area contributed by atoms with Crippen LogP contribution in [0.4, 0.5) is 0 Å². The second kappa shape index (κ2) is 7.01. The van der Waals surface area contributed by atoms with Gasteiger partial charge in [0.15, 0.2) is 0 Å². The van der Waals surface area contributed by atoms with E-state index in [1.807, 2.05) is 0 Å². The molecule has 1 aromatic carbocycles. The Labute approximate surface area is 124 Å². The fraction of sp³-hybridized carbons (Fsp3) is 0.417. The zero-order chi connectivity index (χ0) is 16.1. The SMILES string of the molecule is CS(=O)(=O)CCS(=O)(=O)NCCc1cccc(C(=O)O)c1. The molecule has 1 rings (SSSR count). The lowest BCUT2D eigenvalue weighted by Crippen LogP contribution is -2.31. The minimum atomic E-state index is -3.66. The van der Waals surface area contributed by atoms with Crippen LogP contribution in [0.5, 0.6) is 0 Å². The number of hydrogen-bond acceptors (Lipinski definition) is 5. The maximum atomic E-state index is 11.6. The molecule has 9 heteroatoms. The van der Waals surface area contributed by atoms with E-state index in [0.29, 0.717) is 12.0 Å². The highest BCUT2D eigenvalue weighted by Crippen LogP contribution is 2.06. The first kappa shape index (κ1) is 17.6. The number of sulfone groups is 1. The van der Waals surface area contributed by atoms with Crippen molar-refractivity contribution >= 4 is 25.8 Å². The highest BCUT2D eigenvalue weighted by atomic mass is 32.2. The second-order valence-electron chi connectivity index (χ2n) is 4.60. The predicted octanol–water partition coefficient (Wildman–Crippen LogP) is -0.109. The molecule has 0 saturated heterocycles. The number of aromatic carboxylic acids is 1. The molecule has 0 radical (unpaired) electrons. The van der Waals surface area contributed by atoms with Gasteiger partial charge in [0.1, 0.15) is 9.84 Å². The molecule has 0 saturated carbocycles. The molecule has 0 heterocycles. The third kappa shape index (κ3) is 7.21. The highest BCUT2D eigenvalue weighted by molar-refractivity contribution is 7.93. The molecule has 2 N–H and O–H groups in total. The highest BCUT2D eigenvalue weighted by Gasteiger charge is 2.13. The Kier molecular flexibility index (Phi) is 5.87. The van der Waals surface area contributed by atoms with Crippen molar-refractivity contribution in [3.8, 4) is 0 Å². The number of carboxylic acids is 1. The van der Waals surface area contributed by atoms with Gasteiger partial charge >= 0.3 is 5.97 Å². The Hall–Kier alpha value is -1.45. The Morgan fingerprint density at radius 2 is 1.86 bits per heavy atom. The molecule has 0 fully saturated rings. The first-order chi connectivity index (χ1) is 9.59. The van der Waals surface area contributed by atoms with E-state index in [-0.39, 0.29) is 12.1 Å². The molecule has 7 nitrogen and oxygen atoms in total. The van der Waals surface area contributed by atoms with Crippen molar-refractivity contribution in [1.29, 1.82) is 0 Å². The average Bonchev–Trinajstić information content (AvgIpc) is 2.36. The van der Waals surface area contributed by atoms with Crippen molar-refractivity contribution in [2.24, 2.45) is 0 Å². The van der Waals surface area contributed by atoms with Gasteiger partial charge in [0.05, 0.1) is 17.1 Å². The van der Waals surface area contributed by atoms with Crippen molar-refractivity contribution in [2.75, 3.05) is 24.3 Å². The smallest absolute Gasteiger partial charge is 0.335 e. The number of sulfonamides is 1. The van der Waals surface area contributed by atoms with Crippen molar-refractivity contribution in [2.45, 2.75) is 6.42 Å². The van der Waals surface area contributed by atoms with Crippen LogP contribution >= 0.6 is 0 Å². The van der Waals surface area contributed by atoms with E-state index < -0.39 is 37.3 Å². The van der Waals surface area contributed by atoms with E-state index >= 15 is 0 Å². The van der Waals surface area contributed by atoms with Gasteiger partial charge < -0.3 is 5.11 Å². The Balaban J connectivity index is 2.53. The summed E-state index contributed by atoms with van der Waals surface area (Å²) in [6.07, 6.45) is 1.29. The average molecular weight is 335 g/mol. The number of benzene rings is 1. The summed E-state index contributed by atoms with van der Waals surface area (Å²) < 4.78 is 47.3. The maximum Gasteiger partial charge on any atom is 0.335 e. The Bertz CT molecular complexity index is 709. The quantitative estimate of drug-likeness (QED) is 0.684. The van der Waals surface area contributed by atoms with Crippen LogP contribution in [-0.4, -0.2) is 52.2 Å². The lowest BCUT2D eigenvalue weighted by molar-refractivity contribution is 0.0696. The maximum absolute atomic E-state index is 11.6. The van der Waals surface area contributed by atoms with Crippen molar-refractivity contribution in [3.05, 3.63) is 35.4 Å². The molecule has 0 aliphatic rings. The Morgan fingerprint density at radius 3 is 2.43 bits per heavy atom. The van der Waals surface area contributed by atoms with E-state index in [0.717, 1.165) is 6.26 Å². The van der Waals surface area contributed by atoms with Gasteiger partial charge in [-0.15, -0.1) is 0 Å². The van der Waals surface area contributed by atoms with E-state index in [1.54, 1.807) is 12.1 Å². The van der Waals surface area contributed by atoms with Crippen LogP contribution < -0.4 is 4.72 Å². The standard InChI is InChI=1S/C12H17NO6S2/c1-20(16,17)7-8-21(18,19)13-6-5-10-3-2-4-11(9-10)12(14)15/h2-4,9,13H,5-8H2,1H3,(H,14,15). The summed E-state index contributed by atoms with van der Waals surface area (Å²) >= 11 is 0. The van der Waals surface area contributed by atoms with Crippen molar-refractivity contribution in [3.63, 3.8) is 0 Å². The molecule has 0 atom stereocenters. The van der Waals surface area contributed by atoms with Gasteiger partial charge in [-0.25, -0.2) is 26.4 Å². The molecule has 0 amide bonds. The minimum Gasteiger partial charge on any atom is -0.478 e. The first-order valence-electron chi connectivity index (χ1n) is 6.06. The van der Waals surface area contributed by atoms with E-state index in [9.17, 15) is 21.6 Å². The zero-order valence-electron chi connectivity index (χ0n) is 11.4. The third-order valence-corrected chi connectivity index (χ3v) is 5.22. The van der Waals surface area contributed by atoms with Gasteiger partial charge in [0.2, 0.25) is 10.0 Å². The summed E-state index contributed by atoms with van der Waals surface area (Å²) in [6.45, 7) is 0.0785. The number of carbonyl (C=O) groups is 1. The summed E-state index contributed by atoms with van der Waals surface area (Å²) in [5.74, 6) is -1.97. The summed E-state index contributed by atoms with van der Waals surface area (Å²) in [5, 5.41) is 8.84. The fourth-order valence-corrected chi connectivity index (χ4v) is 4.19. The van der Waals surface area contributed by atoms with Crippen molar-refractivity contribution in [1.82, 2.24) is 4.72 Å². The number of hydrogen-bond donors (Lipinski definition) is 2. The van der Waals surface area contributed by atoms with Gasteiger partial charge in [-0.2, -0.15) is 0 Å². The largest absolute Gasteiger partial charge is 0.478 e. The number of carboxylic acid groups (broad SMARTS) is 1. The van der Waals surface area contributed by atoms with E-state index in [1.165, 1.54) is 12.1 Å². The van der Waals surface area contributed by atoms with Gasteiger partial charge in [0, 0.05) is 12.8 Å². The first-order valence-corrected chi connectivity index (χ1v) is 9.78. The molecular formula is C12H17NO6S2. The topological polar surface area (TPSA) is 118 Å². The van der Waals surface area contributed by atoms with Gasteiger partial charge in [-0.05, 0) is 24.1 Å². The summed E-state index contributed by atoms with van der Waals surface area (Å²) in [7, 11) is -6.99. The predicted molar refractivity (Wildman–Crippen MR) is 78.6 cm³/mol. The summed E-state index contributed by atoms with van der Waals surface area (Å²) in [4.78, 5) is 10.8. The third-order valence-electron chi connectivity index (χ3n) is 2.63. The molecule has 118 valence electrons. The number of nitrogens with one attached hydrogen (secondary N) is 1. The van der Waals surface area contributed by atoms with Crippen LogP contribution in [0, 0.1) is 0 Å². The molecule has 0 aliphatic carbocycles. The summed E-state index contributed by atoms with van der Waals surface area (Å²) in [6, 6.07) is 6.18. The van der Waals surface area contributed by atoms with Crippen LogP contribution in [-0.2, 0) is 26.3 Å². The lowest BCUT2D eigenvalue weighted by atomic mass is 10.1. The van der Waals surface area contributed by atoms with Crippen LogP contribution in [0.2, 0.25) is 0 Å². The molecule has 0 aliphatic heterocycles. The van der Waals surface area contributed by atoms with E-state index in [2.05, 4.69) is 4.72 Å². The lowest BCUT2D eigenvalue weighted by Gasteiger charge is -2.06. The molecule has 0 unspecified atom stereocenters. The van der Waals surface area contributed by atoms with Gasteiger partial charge in [-0.3, -0.25) is 0 Å². The zero-order valence-corrected chi connectivity index (χ0v) is 13.1. The molecular weight excluding hydrogens is 318 g/mol. The molecule has 21 heavy (non-hydrogen) atoms. The molecule has 1 aromatic rings. The van der Waals surface area contributed by atoms with Crippen LogP contribution in [0.15, 0.2) is 24.3 Å². The van der Waals surface area contributed by atoms with Crippen LogP contribution in [0.1, 0.15) is 15.9 Å². The van der Waals surface area contributed by atoms with Gasteiger partial charge in [-0.1, -0.05) is 12.1 Å². The molecule has 0 spiro atoms. The fourth-order valence-electron chi connectivity index (χ4n) is 1.54. The van der Waals surface area contributed by atoms with Crippen molar-refractivity contribution < 1.29 is 26.7 Å². The van der Waals surface area contributed by atoms with Gasteiger partial charge in [0.25, 0.3) is 0 Å². The monoisotopic (exact) mass is 335 g/mol. The normalized spacial score (nSPS) is 12.2. The minimum absolute atomic E-state index is 0.0785. The second-order valence-corrected chi connectivity index (χ2v) is 8.78. The van der Waals surface area contributed by atoms with Crippen LogP contribution in [0.25, 0.3) is 0 Å². The van der Waals surface area contributed by atoms with E-state index in [4.69, 9.17) is 5.11 Å². The van der Waals surface area contributed by atoms with Crippen LogP contribution in [0.3, 0.4) is 0 Å². The summed E-state index contributed by atoms with van der Waals surface area (Å²) in [5.41, 5.74) is 0.813. The number of rotatable bonds is 8. The molecule has 0 aromatic heterocycles. The Morgan fingerprint density at radius 1 is 1.19 bits per heavy atom.